The Morgan fingerprint density at radius 1 is 1.55 bits per heavy atom. The topological polar surface area (TPSA) is 70.7 Å². The predicted octanol–water partition coefficient (Wildman–Crippen LogP) is 3.02. The zero-order valence-electron chi connectivity index (χ0n) is 10.8. The summed E-state index contributed by atoms with van der Waals surface area (Å²) in [5.74, 6) is -0.0285. The van der Waals surface area contributed by atoms with Crippen LogP contribution in [-0.2, 0) is 4.79 Å². The summed E-state index contributed by atoms with van der Waals surface area (Å²) in [5, 5.41) is 9.53. The van der Waals surface area contributed by atoms with Crippen LogP contribution in [0, 0.1) is 12.7 Å². The average Bonchev–Trinajstić information content (AvgIpc) is 2.78. The lowest BCUT2D eigenvalue weighted by Crippen LogP contribution is -2.22. The van der Waals surface area contributed by atoms with Crippen molar-refractivity contribution in [2.45, 2.75) is 24.3 Å². The maximum Gasteiger partial charge on any atom is 0.237 e. The number of rotatable bonds is 4. The highest BCUT2D eigenvalue weighted by Crippen LogP contribution is 2.25. The molecule has 20 heavy (non-hydrogen) atoms. The second kappa shape index (κ2) is 6.23. The third-order valence-corrected chi connectivity index (χ3v) is 3.69. The number of benzene rings is 1. The summed E-state index contributed by atoms with van der Waals surface area (Å²) in [5.41, 5.74) is 0.372. The van der Waals surface area contributed by atoms with Gasteiger partial charge >= 0.3 is 0 Å². The number of halogens is 2. The number of carbonyl (C=O) groups is 1. The molecule has 106 valence electrons. The Labute approximate surface area is 124 Å². The fourth-order valence-corrected chi connectivity index (χ4v) is 2.40. The van der Waals surface area contributed by atoms with Gasteiger partial charge in [0.2, 0.25) is 11.1 Å². The fourth-order valence-electron chi connectivity index (χ4n) is 1.41. The minimum atomic E-state index is -0.452. The summed E-state index contributed by atoms with van der Waals surface area (Å²) in [7, 11) is 0. The minimum Gasteiger partial charge on any atom is -0.324 e. The van der Waals surface area contributed by atoms with E-state index in [0.717, 1.165) is 6.07 Å². The number of amides is 1. The van der Waals surface area contributed by atoms with Crippen molar-refractivity contribution in [1.29, 1.82) is 0 Å². The fraction of sp³-hybridized carbons (Fsp3) is 0.250. The van der Waals surface area contributed by atoms with Crippen LogP contribution >= 0.6 is 23.4 Å². The number of aromatic amines is 1. The highest BCUT2D eigenvalue weighted by atomic mass is 35.5. The molecule has 1 aromatic carbocycles. The second-order valence-electron chi connectivity index (χ2n) is 4.08. The van der Waals surface area contributed by atoms with E-state index in [-0.39, 0.29) is 10.9 Å². The molecule has 1 amide bonds. The van der Waals surface area contributed by atoms with Gasteiger partial charge in [-0.05, 0) is 32.0 Å². The van der Waals surface area contributed by atoms with Gasteiger partial charge in [-0.1, -0.05) is 23.4 Å². The maximum atomic E-state index is 12.9. The van der Waals surface area contributed by atoms with E-state index in [0.29, 0.717) is 16.7 Å². The second-order valence-corrected chi connectivity index (χ2v) is 5.79. The van der Waals surface area contributed by atoms with Crippen molar-refractivity contribution in [3.05, 3.63) is 34.9 Å². The molecule has 8 heteroatoms. The first-order valence-electron chi connectivity index (χ1n) is 5.77. The Kier molecular flexibility index (Phi) is 4.61. The number of anilines is 1. The quantitative estimate of drug-likeness (QED) is 0.851. The van der Waals surface area contributed by atoms with Crippen molar-refractivity contribution in [1.82, 2.24) is 15.2 Å². The van der Waals surface area contributed by atoms with E-state index in [1.54, 1.807) is 13.8 Å². The van der Waals surface area contributed by atoms with Crippen LogP contribution in [0.4, 0.5) is 10.1 Å². The Morgan fingerprint density at radius 2 is 2.30 bits per heavy atom. The van der Waals surface area contributed by atoms with E-state index < -0.39 is 11.1 Å². The van der Waals surface area contributed by atoms with Crippen molar-refractivity contribution in [2.75, 3.05) is 5.32 Å². The lowest BCUT2D eigenvalue weighted by atomic mass is 10.3. The molecule has 0 bridgehead atoms. The summed E-state index contributed by atoms with van der Waals surface area (Å²) in [6, 6.07) is 3.80. The molecule has 0 aliphatic carbocycles. The standard InChI is InChI=1S/C12H12ClFN4OS/c1-6(20-12-15-7(2)17-18-12)11(19)16-10-4-3-8(14)5-9(10)13/h3-6H,1-2H3,(H,16,19)(H,15,17,18)/t6-/m0/s1. The molecule has 2 rings (SSSR count). The molecule has 5 nitrogen and oxygen atoms in total. The summed E-state index contributed by atoms with van der Waals surface area (Å²) in [6.45, 7) is 3.50. The molecular formula is C12H12ClFN4OS. The SMILES string of the molecule is Cc1nc(S[C@@H](C)C(=O)Nc2ccc(F)cc2Cl)n[nH]1. The molecule has 0 aliphatic heterocycles. The van der Waals surface area contributed by atoms with Crippen molar-refractivity contribution in [3.8, 4) is 0 Å². The lowest BCUT2D eigenvalue weighted by Gasteiger charge is -2.11. The molecule has 0 saturated carbocycles. The summed E-state index contributed by atoms with van der Waals surface area (Å²) >= 11 is 7.07. The number of H-pyrrole nitrogens is 1. The molecule has 1 aromatic heterocycles. The van der Waals surface area contributed by atoms with E-state index in [4.69, 9.17) is 11.6 Å². The lowest BCUT2D eigenvalue weighted by molar-refractivity contribution is -0.115. The van der Waals surface area contributed by atoms with Crippen LogP contribution in [0.1, 0.15) is 12.7 Å². The van der Waals surface area contributed by atoms with E-state index in [1.165, 1.54) is 23.9 Å². The first kappa shape index (κ1) is 14.8. The molecule has 1 heterocycles. The van der Waals surface area contributed by atoms with Gasteiger partial charge in [-0.3, -0.25) is 9.89 Å². The first-order valence-corrected chi connectivity index (χ1v) is 7.03. The van der Waals surface area contributed by atoms with Crippen LogP contribution < -0.4 is 5.32 Å². The number of carbonyl (C=O) groups excluding carboxylic acids is 1. The summed E-state index contributed by atoms with van der Waals surface area (Å²) in [4.78, 5) is 16.1. The molecule has 1 atom stereocenters. The third-order valence-electron chi connectivity index (χ3n) is 2.42. The normalized spacial score (nSPS) is 12.2. The molecule has 0 fully saturated rings. The zero-order valence-corrected chi connectivity index (χ0v) is 12.3. The van der Waals surface area contributed by atoms with Crippen molar-refractivity contribution >= 4 is 35.0 Å². The van der Waals surface area contributed by atoms with Gasteiger partial charge in [0.05, 0.1) is 16.0 Å². The van der Waals surface area contributed by atoms with E-state index >= 15 is 0 Å². The molecular weight excluding hydrogens is 303 g/mol. The van der Waals surface area contributed by atoms with Crippen LogP contribution in [0.5, 0.6) is 0 Å². The van der Waals surface area contributed by atoms with Gasteiger partial charge in [0.15, 0.2) is 0 Å². The third kappa shape index (κ3) is 3.71. The average molecular weight is 315 g/mol. The number of nitrogens with zero attached hydrogens (tertiary/aromatic N) is 2. The highest BCUT2D eigenvalue weighted by molar-refractivity contribution is 8.00. The molecule has 0 aliphatic rings. The Balaban J connectivity index is 2.00. The van der Waals surface area contributed by atoms with Gasteiger partial charge in [-0.2, -0.15) is 0 Å². The van der Waals surface area contributed by atoms with Crippen molar-refractivity contribution in [2.24, 2.45) is 0 Å². The minimum absolute atomic E-state index is 0.157. The summed E-state index contributed by atoms with van der Waals surface area (Å²) < 4.78 is 12.9. The number of aryl methyl sites for hydroxylation is 1. The van der Waals surface area contributed by atoms with Crippen molar-refractivity contribution < 1.29 is 9.18 Å². The smallest absolute Gasteiger partial charge is 0.237 e. The van der Waals surface area contributed by atoms with Crippen LogP contribution in [0.25, 0.3) is 0 Å². The Hall–Kier alpha value is -1.60. The maximum absolute atomic E-state index is 12.9. The number of aromatic nitrogens is 3. The van der Waals surface area contributed by atoms with Crippen LogP contribution in [0.2, 0.25) is 5.02 Å². The number of nitrogens with one attached hydrogen (secondary N) is 2. The van der Waals surface area contributed by atoms with E-state index in [1.807, 2.05) is 0 Å². The monoisotopic (exact) mass is 314 g/mol. The molecule has 2 aromatic rings. The molecule has 0 radical (unpaired) electrons. The number of hydrogen-bond donors (Lipinski definition) is 2. The molecule has 0 spiro atoms. The van der Waals surface area contributed by atoms with Gasteiger partial charge in [-0.15, -0.1) is 5.10 Å². The summed E-state index contributed by atoms with van der Waals surface area (Å²) in [6.07, 6.45) is 0. The van der Waals surface area contributed by atoms with Crippen LogP contribution in [0.3, 0.4) is 0 Å². The van der Waals surface area contributed by atoms with Gasteiger partial charge in [0, 0.05) is 0 Å². The first-order chi connectivity index (χ1) is 9.45. The van der Waals surface area contributed by atoms with E-state index in [2.05, 4.69) is 20.5 Å². The van der Waals surface area contributed by atoms with Gasteiger partial charge in [0.25, 0.3) is 0 Å². The molecule has 0 unspecified atom stereocenters. The zero-order chi connectivity index (χ0) is 14.7. The molecule has 0 saturated heterocycles. The Morgan fingerprint density at radius 3 is 2.90 bits per heavy atom. The number of hydrogen-bond acceptors (Lipinski definition) is 4. The van der Waals surface area contributed by atoms with Gasteiger partial charge in [0.1, 0.15) is 11.6 Å². The van der Waals surface area contributed by atoms with Gasteiger partial charge < -0.3 is 5.32 Å². The largest absolute Gasteiger partial charge is 0.324 e. The van der Waals surface area contributed by atoms with Crippen molar-refractivity contribution in [3.63, 3.8) is 0 Å². The number of thioether (sulfide) groups is 1. The molecule has 2 N–H and O–H groups in total. The Bertz CT molecular complexity index is 634. The predicted molar refractivity (Wildman–Crippen MR) is 76.5 cm³/mol. The van der Waals surface area contributed by atoms with Crippen LogP contribution in [0.15, 0.2) is 23.4 Å². The van der Waals surface area contributed by atoms with E-state index in [9.17, 15) is 9.18 Å². The van der Waals surface area contributed by atoms with Crippen LogP contribution in [-0.4, -0.2) is 26.3 Å². The highest BCUT2D eigenvalue weighted by Gasteiger charge is 2.17. The van der Waals surface area contributed by atoms with Gasteiger partial charge in [-0.25, -0.2) is 9.37 Å².